The third-order valence-corrected chi connectivity index (χ3v) is 4.59. The van der Waals surface area contributed by atoms with Gasteiger partial charge in [0.25, 0.3) is 0 Å². The SMILES string of the molecule is CN=C(NCCn1cc(C)cn1)N1CCN(c2cccc(Cl)c2)CC1. The Morgan fingerprint density at radius 1 is 1.28 bits per heavy atom. The number of aryl methyl sites for hydroxylation is 1. The molecule has 134 valence electrons. The van der Waals surface area contributed by atoms with Gasteiger partial charge in [0.15, 0.2) is 5.96 Å². The Balaban J connectivity index is 1.48. The zero-order valence-electron chi connectivity index (χ0n) is 14.8. The molecule has 0 aliphatic carbocycles. The molecule has 1 saturated heterocycles. The first kappa shape index (κ1) is 17.6. The van der Waals surface area contributed by atoms with Gasteiger partial charge < -0.3 is 15.1 Å². The van der Waals surface area contributed by atoms with Crippen LogP contribution in [0.25, 0.3) is 0 Å². The fourth-order valence-corrected chi connectivity index (χ4v) is 3.24. The predicted molar refractivity (Wildman–Crippen MR) is 104 cm³/mol. The summed E-state index contributed by atoms with van der Waals surface area (Å²) in [6.07, 6.45) is 3.93. The first-order valence-corrected chi connectivity index (χ1v) is 8.98. The fourth-order valence-electron chi connectivity index (χ4n) is 3.05. The van der Waals surface area contributed by atoms with Crippen molar-refractivity contribution in [2.75, 3.05) is 44.7 Å². The number of aliphatic imine (C=N–C) groups is 1. The number of hydrogen-bond acceptors (Lipinski definition) is 3. The number of rotatable bonds is 4. The van der Waals surface area contributed by atoms with E-state index in [1.807, 2.05) is 42.3 Å². The standard InChI is InChI=1S/C18H25ClN6/c1-15-13-22-25(14-15)7-6-21-18(20-2)24-10-8-23(9-11-24)17-5-3-4-16(19)12-17/h3-5,12-14H,6-11H2,1-2H3,(H,20,21). The van der Waals surface area contributed by atoms with Crippen LogP contribution < -0.4 is 10.2 Å². The Hall–Kier alpha value is -2.21. The molecule has 0 spiro atoms. The summed E-state index contributed by atoms with van der Waals surface area (Å²) in [5, 5.41) is 8.53. The molecule has 0 saturated carbocycles. The Labute approximate surface area is 154 Å². The number of guanidine groups is 1. The summed E-state index contributed by atoms with van der Waals surface area (Å²) in [6, 6.07) is 8.05. The second-order valence-corrected chi connectivity index (χ2v) is 6.65. The number of hydrogen-bond donors (Lipinski definition) is 1. The lowest BCUT2D eigenvalue weighted by molar-refractivity contribution is 0.371. The molecule has 1 N–H and O–H groups in total. The average molecular weight is 361 g/mol. The molecule has 1 aromatic heterocycles. The van der Waals surface area contributed by atoms with Crippen molar-refractivity contribution < 1.29 is 0 Å². The third-order valence-electron chi connectivity index (χ3n) is 4.35. The van der Waals surface area contributed by atoms with Crippen LogP contribution in [0.1, 0.15) is 5.56 Å². The van der Waals surface area contributed by atoms with Gasteiger partial charge in [-0.15, -0.1) is 0 Å². The monoisotopic (exact) mass is 360 g/mol. The van der Waals surface area contributed by atoms with E-state index >= 15 is 0 Å². The van der Waals surface area contributed by atoms with Crippen LogP contribution >= 0.6 is 11.6 Å². The topological polar surface area (TPSA) is 48.7 Å². The van der Waals surface area contributed by atoms with Gasteiger partial charge in [-0.3, -0.25) is 9.67 Å². The van der Waals surface area contributed by atoms with Crippen molar-refractivity contribution >= 4 is 23.2 Å². The predicted octanol–water partition coefficient (Wildman–Crippen LogP) is 2.24. The Bertz CT molecular complexity index is 718. The average Bonchev–Trinajstić information content (AvgIpc) is 3.04. The summed E-state index contributed by atoms with van der Waals surface area (Å²) in [5.74, 6) is 0.953. The van der Waals surface area contributed by atoms with Gasteiger partial charge in [-0.2, -0.15) is 5.10 Å². The minimum atomic E-state index is 0.784. The van der Waals surface area contributed by atoms with Gasteiger partial charge >= 0.3 is 0 Å². The highest BCUT2D eigenvalue weighted by Crippen LogP contribution is 2.20. The highest BCUT2D eigenvalue weighted by Gasteiger charge is 2.19. The van der Waals surface area contributed by atoms with E-state index in [0.717, 1.165) is 50.3 Å². The molecule has 0 atom stereocenters. The molecule has 6 nitrogen and oxygen atoms in total. The Morgan fingerprint density at radius 3 is 2.72 bits per heavy atom. The molecule has 0 radical (unpaired) electrons. The van der Waals surface area contributed by atoms with Crippen molar-refractivity contribution in [1.29, 1.82) is 0 Å². The third kappa shape index (κ3) is 4.66. The van der Waals surface area contributed by atoms with Crippen LogP contribution in [-0.2, 0) is 6.54 Å². The van der Waals surface area contributed by atoms with Gasteiger partial charge in [-0.1, -0.05) is 17.7 Å². The lowest BCUT2D eigenvalue weighted by Gasteiger charge is -2.37. The Morgan fingerprint density at radius 2 is 2.08 bits per heavy atom. The highest BCUT2D eigenvalue weighted by molar-refractivity contribution is 6.30. The second kappa shape index (κ2) is 8.25. The van der Waals surface area contributed by atoms with E-state index in [0.29, 0.717) is 0 Å². The van der Waals surface area contributed by atoms with Gasteiger partial charge in [0.1, 0.15) is 0 Å². The van der Waals surface area contributed by atoms with E-state index in [-0.39, 0.29) is 0 Å². The zero-order valence-corrected chi connectivity index (χ0v) is 15.6. The van der Waals surface area contributed by atoms with E-state index in [9.17, 15) is 0 Å². The van der Waals surface area contributed by atoms with Crippen LogP contribution in [0.3, 0.4) is 0 Å². The lowest BCUT2D eigenvalue weighted by Crippen LogP contribution is -2.52. The van der Waals surface area contributed by atoms with Crippen LogP contribution in [0.4, 0.5) is 5.69 Å². The maximum atomic E-state index is 6.10. The van der Waals surface area contributed by atoms with Crippen molar-refractivity contribution in [3.8, 4) is 0 Å². The van der Waals surface area contributed by atoms with E-state index in [1.54, 1.807) is 0 Å². The zero-order chi connectivity index (χ0) is 17.6. The van der Waals surface area contributed by atoms with Crippen LogP contribution in [0.15, 0.2) is 41.7 Å². The molecule has 0 amide bonds. The van der Waals surface area contributed by atoms with Gasteiger partial charge in [-0.25, -0.2) is 0 Å². The minimum Gasteiger partial charge on any atom is -0.368 e. The lowest BCUT2D eigenvalue weighted by atomic mass is 10.2. The summed E-state index contributed by atoms with van der Waals surface area (Å²) in [6.45, 7) is 7.48. The molecule has 1 aliphatic heterocycles. The van der Waals surface area contributed by atoms with Crippen molar-refractivity contribution in [3.05, 3.63) is 47.2 Å². The molecule has 2 heterocycles. The maximum Gasteiger partial charge on any atom is 0.193 e. The van der Waals surface area contributed by atoms with Crippen LogP contribution in [0, 0.1) is 6.92 Å². The molecule has 3 rings (SSSR count). The van der Waals surface area contributed by atoms with Gasteiger partial charge in [0, 0.05) is 56.7 Å². The van der Waals surface area contributed by atoms with Crippen molar-refractivity contribution in [2.45, 2.75) is 13.5 Å². The van der Waals surface area contributed by atoms with E-state index in [1.165, 1.54) is 11.3 Å². The maximum absolute atomic E-state index is 6.10. The van der Waals surface area contributed by atoms with Crippen LogP contribution in [-0.4, -0.2) is 60.4 Å². The molecular weight excluding hydrogens is 336 g/mol. The summed E-state index contributed by atoms with van der Waals surface area (Å²) < 4.78 is 1.95. The highest BCUT2D eigenvalue weighted by atomic mass is 35.5. The summed E-state index contributed by atoms with van der Waals surface area (Å²) >= 11 is 6.10. The summed E-state index contributed by atoms with van der Waals surface area (Å²) in [4.78, 5) is 9.09. The number of halogens is 1. The van der Waals surface area contributed by atoms with Gasteiger partial charge in [0.2, 0.25) is 0 Å². The molecule has 1 fully saturated rings. The first-order valence-electron chi connectivity index (χ1n) is 8.61. The van der Waals surface area contributed by atoms with E-state index < -0.39 is 0 Å². The smallest absolute Gasteiger partial charge is 0.193 e. The van der Waals surface area contributed by atoms with Gasteiger partial charge in [-0.05, 0) is 30.7 Å². The molecule has 25 heavy (non-hydrogen) atoms. The molecule has 7 heteroatoms. The molecular formula is C18H25ClN6. The summed E-state index contributed by atoms with van der Waals surface area (Å²) in [5.41, 5.74) is 2.37. The number of anilines is 1. The van der Waals surface area contributed by atoms with Crippen molar-refractivity contribution in [1.82, 2.24) is 20.0 Å². The van der Waals surface area contributed by atoms with Crippen LogP contribution in [0.5, 0.6) is 0 Å². The number of nitrogens with one attached hydrogen (secondary N) is 1. The van der Waals surface area contributed by atoms with E-state index in [2.05, 4.69) is 38.2 Å². The van der Waals surface area contributed by atoms with Crippen LogP contribution in [0.2, 0.25) is 5.02 Å². The number of piperazine rings is 1. The first-order chi connectivity index (χ1) is 12.2. The summed E-state index contributed by atoms with van der Waals surface area (Å²) in [7, 11) is 1.84. The normalized spacial score (nSPS) is 15.6. The molecule has 1 aromatic carbocycles. The fraction of sp³-hybridized carbons (Fsp3) is 0.444. The Kier molecular flexibility index (Phi) is 5.81. The minimum absolute atomic E-state index is 0.784. The molecule has 0 bridgehead atoms. The van der Waals surface area contributed by atoms with Crippen molar-refractivity contribution in [2.24, 2.45) is 4.99 Å². The molecule has 2 aromatic rings. The van der Waals surface area contributed by atoms with Gasteiger partial charge in [0.05, 0.1) is 12.7 Å². The number of benzene rings is 1. The molecule has 1 aliphatic rings. The second-order valence-electron chi connectivity index (χ2n) is 6.21. The number of aromatic nitrogens is 2. The quantitative estimate of drug-likeness (QED) is 0.671. The number of nitrogens with zero attached hydrogens (tertiary/aromatic N) is 5. The van der Waals surface area contributed by atoms with E-state index in [4.69, 9.17) is 11.6 Å². The van der Waals surface area contributed by atoms with Crippen molar-refractivity contribution in [3.63, 3.8) is 0 Å². The molecule has 0 unspecified atom stereocenters. The largest absolute Gasteiger partial charge is 0.368 e.